The minimum absolute atomic E-state index is 0.388. The van der Waals surface area contributed by atoms with E-state index in [1.54, 1.807) is 0 Å². The molecule has 1 nitrogen and oxygen atoms in total. The summed E-state index contributed by atoms with van der Waals surface area (Å²) in [6, 6.07) is 0. The molecule has 0 amide bonds. The first kappa shape index (κ1) is 17.0. The van der Waals surface area contributed by atoms with Crippen molar-refractivity contribution >= 4 is 0 Å². The van der Waals surface area contributed by atoms with Crippen LogP contribution in [0.2, 0.25) is 0 Å². The molecule has 0 saturated heterocycles. The van der Waals surface area contributed by atoms with Crippen molar-refractivity contribution in [2.75, 3.05) is 7.05 Å². The summed E-state index contributed by atoms with van der Waals surface area (Å²) in [5.74, 6) is 0. The fourth-order valence-electron chi connectivity index (χ4n) is 2.41. The molecule has 0 spiro atoms. The lowest BCUT2D eigenvalue weighted by molar-refractivity contribution is 0.310. The largest absolute Gasteiger partial charge is 0.315 e. The van der Waals surface area contributed by atoms with E-state index in [9.17, 15) is 0 Å². The Morgan fingerprint density at radius 1 is 0.706 bits per heavy atom. The molecule has 0 aliphatic carbocycles. The predicted octanol–water partition coefficient (Wildman–Crippen LogP) is 5.30. The van der Waals surface area contributed by atoms with Gasteiger partial charge in [0.15, 0.2) is 0 Å². The second-order valence-corrected chi connectivity index (χ2v) is 5.79. The molecule has 0 aromatic rings. The standard InChI is InChI=1S/C16H35N/c1-5-7-9-10-11-12-13-15-16(3,17-4)14-8-6-2/h17H,5-15H2,1-4H3. The van der Waals surface area contributed by atoms with Crippen LogP contribution in [-0.4, -0.2) is 12.6 Å². The third-order valence-electron chi connectivity index (χ3n) is 4.02. The quantitative estimate of drug-likeness (QED) is 0.457. The molecule has 0 rings (SSSR count). The summed E-state index contributed by atoms with van der Waals surface area (Å²) in [6.45, 7) is 6.95. The molecule has 0 aromatic heterocycles. The number of hydrogen-bond acceptors (Lipinski definition) is 1. The summed E-state index contributed by atoms with van der Waals surface area (Å²) in [5.41, 5.74) is 0.388. The highest BCUT2D eigenvalue weighted by Gasteiger charge is 2.19. The van der Waals surface area contributed by atoms with Gasteiger partial charge in [0.25, 0.3) is 0 Å². The lowest BCUT2D eigenvalue weighted by Crippen LogP contribution is -2.39. The van der Waals surface area contributed by atoms with Crippen molar-refractivity contribution in [2.45, 2.75) is 96.9 Å². The molecular formula is C16H35N. The van der Waals surface area contributed by atoms with Crippen molar-refractivity contribution < 1.29 is 0 Å². The van der Waals surface area contributed by atoms with Gasteiger partial charge in [0.1, 0.15) is 0 Å². The highest BCUT2D eigenvalue weighted by Crippen LogP contribution is 2.21. The first-order chi connectivity index (χ1) is 8.18. The van der Waals surface area contributed by atoms with Crippen molar-refractivity contribution in [1.82, 2.24) is 5.32 Å². The Kier molecular flexibility index (Phi) is 11.0. The molecule has 1 N–H and O–H groups in total. The molecule has 0 aliphatic heterocycles. The van der Waals surface area contributed by atoms with E-state index in [1.165, 1.54) is 70.6 Å². The van der Waals surface area contributed by atoms with Gasteiger partial charge < -0.3 is 5.32 Å². The number of hydrogen-bond donors (Lipinski definition) is 1. The number of nitrogens with one attached hydrogen (secondary N) is 1. The molecule has 0 heterocycles. The fourth-order valence-corrected chi connectivity index (χ4v) is 2.41. The van der Waals surface area contributed by atoms with Crippen LogP contribution in [-0.2, 0) is 0 Å². The molecule has 0 bridgehead atoms. The highest BCUT2D eigenvalue weighted by molar-refractivity contribution is 4.80. The second-order valence-electron chi connectivity index (χ2n) is 5.79. The number of unbranched alkanes of at least 4 members (excludes halogenated alkanes) is 7. The van der Waals surface area contributed by atoms with Gasteiger partial charge in [-0.15, -0.1) is 0 Å². The molecule has 0 saturated carbocycles. The maximum absolute atomic E-state index is 3.52. The molecule has 1 unspecified atom stereocenters. The maximum atomic E-state index is 3.52. The van der Waals surface area contributed by atoms with Crippen molar-refractivity contribution in [1.29, 1.82) is 0 Å². The zero-order valence-corrected chi connectivity index (χ0v) is 12.8. The molecule has 0 radical (unpaired) electrons. The molecule has 17 heavy (non-hydrogen) atoms. The molecule has 0 aliphatic rings. The first-order valence-electron chi connectivity index (χ1n) is 7.87. The average molecular weight is 241 g/mol. The van der Waals surface area contributed by atoms with Crippen molar-refractivity contribution in [2.24, 2.45) is 0 Å². The molecule has 1 atom stereocenters. The second kappa shape index (κ2) is 11.1. The Bertz CT molecular complexity index is 156. The lowest BCUT2D eigenvalue weighted by atomic mass is 9.89. The Labute approximate surface area is 110 Å². The first-order valence-corrected chi connectivity index (χ1v) is 7.87. The fraction of sp³-hybridized carbons (Fsp3) is 1.00. The van der Waals surface area contributed by atoms with Crippen LogP contribution in [0.15, 0.2) is 0 Å². The van der Waals surface area contributed by atoms with Crippen LogP contribution >= 0.6 is 0 Å². The summed E-state index contributed by atoms with van der Waals surface area (Å²) >= 11 is 0. The molecule has 1 heteroatoms. The van der Waals surface area contributed by atoms with Crippen LogP contribution in [0.5, 0.6) is 0 Å². The zero-order chi connectivity index (χ0) is 13.0. The number of rotatable bonds is 12. The van der Waals surface area contributed by atoms with Crippen molar-refractivity contribution in [3.05, 3.63) is 0 Å². The van der Waals surface area contributed by atoms with Gasteiger partial charge in [0.2, 0.25) is 0 Å². The summed E-state index contributed by atoms with van der Waals surface area (Å²) in [4.78, 5) is 0. The van der Waals surface area contributed by atoms with Crippen molar-refractivity contribution in [3.8, 4) is 0 Å². The van der Waals surface area contributed by atoms with Crippen molar-refractivity contribution in [3.63, 3.8) is 0 Å². The lowest BCUT2D eigenvalue weighted by Gasteiger charge is -2.29. The summed E-state index contributed by atoms with van der Waals surface area (Å²) in [7, 11) is 2.12. The Morgan fingerprint density at radius 2 is 1.18 bits per heavy atom. The smallest absolute Gasteiger partial charge is 0.0150 e. The van der Waals surface area contributed by atoms with E-state index in [1.807, 2.05) is 0 Å². The van der Waals surface area contributed by atoms with Gasteiger partial charge in [-0.3, -0.25) is 0 Å². The average Bonchev–Trinajstić information content (AvgIpc) is 2.35. The monoisotopic (exact) mass is 241 g/mol. The maximum Gasteiger partial charge on any atom is 0.0150 e. The van der Waals surface area contributed by atoms with E-state index < -0.39 is 0 Å². The Morgan fingerprint density at radius 3 is 1.71 bits per heavy atom. The van der Waals surface area contributed by atoms with E-state index in [-0.39, 0.29) is 0 Å². The van der Waals surface area contributed by atoms with Gasteiger partial charge in [0.05, 0.1) is 0 Å². The van der Waals surface area contributed by atoms with Crippen LogP contribution in [0, 0.1) is 0 Å². The van der Waals surface area contributed by atoms with E-state index in [4.69, 9.17) is 0 Å². The van der Waals surface area contributed by atoms with Crippen LogP contribution < -0.4 is 5.32 Å². The molecule has 0 fully saturated rings. The van der Waals surface area contributed by atoms with E-state index in [0.717, 1.165) is 0 Å². The van der Waals surface area contributed by atoms with Crippen LogP contribution in [0.3, 0.4) is 0 Å². The topological polar surface area (TPSA) is 12.0 Å². The third kappa shape index (κ3) is 9.64. The van der Waals surface area contributed by atoms with Gasteiger partial charge in [-0.1, -0.05) is 71.6 Å². The normalized spacial score (nSPS) is 14.8. The molecule has 104 valence electrons. The SMILES string of the molecule is CCCCCCCCCC(C)(CCCC)NC. The predicted molar refractivity (Wildman–Crippen MR) is 79.6 cm³/mol. The Balaban J connectivity index is 3.48. The van der Waals surface area contributed by atoms with Gasteiger partial charge in [-0.2, -0.15) is 0 Å². The zero-order valence-electron chi connectivity index (χ0n) is 12.8. The van der Waals surface area contributed by atoms with Crippen LogP contribution in [0.1, 0.15) is 91.4 Å². The van der Waals surface area contributed by atoms with E-state index in [0.29, 0.717) is 5.54 Å². The third-order valence-corrected chi connectivity index (χ3v) is 4.02. The van der Waals surface area contributed by atoms with Crippen LogP contribution in [0.25, 0.3) is 0 Å². The van der Waals surface area contributed by atoms with Gasteiger partial charge in [0, 0.05) is 5.54 Å². The van der Waals surface area contributed by atoms with Gasteiger partial charge in [-0.25, -0.2) is 0 Å². The Hall–Kier alpha value is -0.0400. The minimum atomic E-state index is 0.388. The molecular weight excluding hydrogens is 206 g/mol. The highest BCUT2D eigenvalue weighted by atomic mass is 14.9. The van der Waals surface area contributed by atoms with Gasteiger partial charge >= 0.3 is 0 Å². The van der Waals surface area contributed by atoms with Crippen LogP contribution in [0.4, 0.5) is 0 Å². The minimum Gasteiger partial charge on any atom is -0.315 e. The molecule has 0 aromatic carbocycles. The summed E-state index contributed by atoms with van der Waals surface area (Å²) in [6.07, 6.45) is 15.3. The summed E-state index contributed by atoms with van der Waals surface area (Å²) in [5, 5.41) is 3.52. The van der Waals surface area contributed by atoms with E-state index in [2.05, 4.69) is 33.1 Å². The summed E-state index contributed by atoms with van der Waals surface area (Å²) < 4.78 is 0. The van der Waals surface area contributed by atoms with Gasteiger partial charge in [-0.05, 0) is 26.8 Å². The van der Waals surface area contributed by atoms with E-state index >= 15 is 0 Å².